The summed E-state index contributed by atoms with van der Waals surface area (Å²) in [5.41, 5.74) is -0.650. The lowest BCUT2D eigenvalue weighted by Crippen LogP contribution is -2.56. The molecule has 0 aliphatic heterocycles. The molecule has 2 aromatic rings. The number of fused-ring (bicyclic) bond motifs is 1. The number of nitrogens with zero attached hydrogens (tertiary/aromatic N) is 2. The molecule has 120 valence electrons. The second-order valence-electron chi connectivity index (χ2n) is 6.17. The molecule has 1 aromatic heterocycles. The number of benzene rings is 1. The minimum Gasteiger partial charge on any atom is -0.479 e. The molecule has 5 heteroatoms. The highest BCUT2D eigenvalue weighted by atomic mass is 16.4. The molecule has 1 aromatic carbocycles. The summed E-state index contributed by atoms with van der Waals surface area (Å²) in [5, 5.41) is 11.4. The Morgan fingerprint density at radius 1 is 1.13 bits per heavy atom. The minimum absolute atomic E-state index is 0.279. The number of aromatic nitrogens is 1. The Bertz CT molecular complexity index is 746. The number of hydrogen-bond acceptors (Lipinski definition) is 3. The molecule has 0 unspecified atom stereocenters. The van der Waals surface area contributed by atoms with Gasteiger partial charge in [0, 0.05) is 24.8 Å². The molecule has 1 heterocycles. The first kappa shape index (κ1) is 15.5. The fourth-order valence-corrected chi connectivity index (χ4v) is 3.49. The number of carboxylic acid groups (broad SMARTS) is 1. The molecule has 0 atom stereocenters. The Morgan fingerprint density at radius 2 is 1.83 bits per heavy atom. The molecule has 1 amide bonds. The molecular formula is C18H20N2O3. The van der Waals surface area contributed by atoms with Crippen molar-refractivity contribution < 1.29 is 14.7 Å². The minimum atomic E-state index is -1.10. The number of likely N-dealkylation sites (N-methyl/N-ethyl adjacent to an activating group) is 1. The molecular weight excluding hydrogens is 292 g/mol. The van der Waals surface area contributed by atoms with Crippen molar-refractivity contribution in [1.82, 2.24) is 9.88 Å². The van der Waals surface area contributed by atoms with Gasteiger partial charge in [0.15, 0.2) is 0 Å². The van der Waals surface area contributed by atoms with E-state index in [0.29, 0.717) is 18.4 Å². The van der Waals surface area contributed by atoms with Gasteiger partial charge < -0.3 is 10.0 Å². The SMILES string of the molecule is CN(C(=O)c1cncc2ccccc12)C1(C(=O)O)CCCCC1. The Labute approximate surface area is 134 Å². The predicted octanol–water partition coefficient (Wildman–Crippen LogP) is 3.09. The van der Waals surface area contributed by atoms with Crippen molar-refractivity contribution in [3.05, 3.63) is 42.2 Å². The maximum absolute atomic E-state index is 13.0. The maximum atomic E-state index is 13.0. The summed E-state index contributed by atoms with van der Waals surface area (Å²) in [7, 11) is 1.60. The topological polar surface area (TPSA) is 70.5 Å². The lowest BCUT2D eigenvalue weighted by atomic mass is 9.80. The predicted molar refractivity (Wildman–Crippen MR) is 87.3 cm³/mol. The zero-order valence-electron chi connectivity index (χ0n) is 13.2. The van der Waals surface area contributed by atoms with Gasteiger partial charge in [0.2, 0.25) is 0 Å². The molecule has 3 rings (SSSR count). The fraction of sp³-hybridized carbons (Fsp3) is 0.389. The van der Waals surface area contributed by atoms with Crippen LogP contribution in [0.25, 0.3) is 10.8 Å². The van der Waals surface area contributed by atoms with E-state index in [2.05, 4.69) is 4.98 Å². The highest BCUT2D eigenvalue weighted by Crippen LogP contribution is 2.34. The fourth-order valence-electron chi connectivity index (χ4n) is 3.49. The second kappa shape index (κ2) is 5.99. The number of carbonyl (C=O) groups is 2. The van der Waals surface area contributed by atoms with Crippen LogP contribution in [0.2, 0.25) is 0 Å². The van der Waals surface area contributed by atoms with E-state index < -0.39 is 11.5 Å². The van der Waals surface area contributed by atoms with E-state index in [4.69, 9.17) is 0 Å². The third-order valence-corrected chi connectivity index (χ3v) is 4.92. The van der Waals surface area contributed by atoms with Crippen LogP contribution in [0, 0.1) is 0 Å². The van der Waals surface area contributed by atoms with E-state index in [1.807, 2.05) is 24.3 Å². The molecule has 5 nitrogen and oxygen atoms in total. The van der Waals surface area contributed by atoms with Crippen molar-refractivity contribution in [3.8, 4) is 0 Å². The average Bonchev–Trinajstić information content (AvgIpc) is 2.60. The van der Waals surface area contributed by atoms with Crippen LogP contribution in [0.15, 0.2) is 36.7 Å². The first-order chi connectivity index (χ1) is 11.1. The van der Waals surface area contributed by atoms with Crippen molar-refractivity contribution in [1.29, 1.82) is 0 Å². The first-order valence-electron chi connectivity index (χ1n) is 7.90. The molecule has 0 saturated heterocycles. The van der Waals surface area contributed by atoms with Crippen molar-refractivity contribution in [2.24, 2.45) is 0 Å². The van der Waals surface area contributed by atoms with Crippen molar-refractivity contribution in [3.63, 3.8) is 0 Å². The van der Waals surface area contributed by atoms with Gasteiger partial charge in [-0.3, -0.25) is 9.78 Å². The van der Waals surface area contributed by atoms with Gasteiger partial charge in [-0.2, -0.15) is 0 Å². The van der Waals surface area contributed by atoms with Gasteiger partial charge in [0.25, 0.3) is 5.91 Å². The molecule has 23 heavy (non-hydrogen) atoms. The monoisotopic (exact) mass is 312 g/mol. The van der Waals surface area contributed by atoms with Crippen LogP contribution in [0.3, 0.4) is 0 Å². The summed E-state index contributed by atoms with van der Waals surface area (Å²) < 4.78 is 0. The quantitative estimate of drug-likeness (QED) is 0.945. The number of pyridine rings is 1. The molecule has 1 aliphatic rings. The van der Waals surface area contributed by atoms with Crippen LogP contribution in [0.1, 0.15) is 42.5 Å². The van der Waals surface area contributed by atoms with E-state index in [9.17, 15) is 14.7 Å². The van der Waals surface area contributed by atoms with E-state index >= 15 is 0 Å². The van der Waals surface area contributed by atoms with Crippen molar-refractivity contribution >= 4 is 22.6 Å². The average molecular weight is 312 g/mol. The third-order valence-electron chi connectivity index (χ3n) is 4.92. The molecule has 1 aliphatic carbocycles. The van der Waals surface area contributed by atoms with Gasteiger partial charge in [0.1, 0.15) is 5.54 Å². The van der Waals surface area contributed by atoms with E-state index in [0.717, 1.165) is 30.0 Å². The Hall–Kier alpha value is -2.43. The summed E-state index contributed by atoms with van der Waals surface area (Å²) >= 11 is 0. The van der Waals surface area contributed by atoms with Crippen LogP contribution in [-0.4, -0.2) is 39.5 Å². The molecule has 1 saturated carbocycles. The molecule has 0 radical (unpaired) electrons. The van der Waals surface area contributed by atoms with Gasteiger partial charge >= 0.3 is 5.97 Å². The largest absolute Gasteiger partial charge is 0.479 e. The van der Waals surface area contributed by atoms with Crippen LogP contribution < -0.4 is 0 Å². The number of amides is 1. The molecule has 0 bridgehead atoms. The van der Waals surface area contributed by atoms with Gasteiger partial charge in [-0.15, -0.1) is 0 Å². The number of carbonyl (C=O) groups excluding carboxylic acids is 1. The Kier molecular flexibility index (Phi) is 4.03. The van der Waals surface area contributed by atoms with Crippen LogP contribution >= 0.6 is 0 Å². The molecule has 0 spiro atoms. The summed E-state index contributed by atoms with van der Waals surface area (Å²) in [6.45, 7) is 0. The van der Waals surface area contributed by atoms with Gasteiger partial charge in [-0.25, -0.2) is 4.79 Å². The maximum Gasteiger partial charge on any atom is 0.329 e. The summed E-state index contributed by atoms with van der Waals surface area (Å²) in [6.07, 6.45) is 6.92. The Morgan fingerprint density at radius 3 is 2.52 bits per heavy atom. The Balaban J connectivity index is 2.02. The number of rotatable bonds is 3. The van der Waals surface area contributed by atoms with E-state index in [1.165, 1.54) is 11.1 Å². The standard InChI is InChI=1S/C18H20N2O3/c1-20(18(17(22)23)9-5-2-6-10-18)16(21)15-12-19-11-13-7-3-4-8-14(13)15/h3-4,7-8,11-12H,2,5-6,9-10H2,1H3,(H,22,23). The number of carboxylic acids is 1. The van der Waals surface area contributed by atoms with Crippen LogP contribution in [0.4, 0.5) is 0 Å². The van der Waals surface area contributed by atoms with Crippen LogP contribution in [0.5, 0.6) is 0 Å². The second-order valence-corrected chi connectivity index (χ2v) is 6.17. The van der Waals surface area contributed by atoms with Gasteiger partial charge in [-0.1, -0.05) is 43.5 Å². The number of hydrogen-bond donors (Lipinski definition) is 1. The highest BCUT2D eigenvalue weighted by Gasteiger charge is 2.45. The lowest BCUT2D eigenvalue weighted by molar-refractivity contribution is -0.151. The molecule has 1 fully saturated rings. The van der Waals surface area contributed by atoms with E-state index in [1.54, 1.807) is 13.2 Å². The van der Waals surface area contributed by atoms with E-state index in [-0.39, 0.29) is 5.91 Å². The van der Waals surface area contributed by atoms with Crippen LogP contribution in [-0.2, 0) is 4.79 Å². The smallest absolute Gasteiger partial charge is 0.329 e. The van der Waals surface area contributed by atoms with Gasteiger partial charge in [0.05, 0.1) is 5.56 Å². The zero-order chi connectivity index (χ0) is 16.4. The lowest BCUT2D eigenvalue weighted by Gasteiger charge is -2.41. The first-order valence-corrected chi connectivity index (χ1v) is 7.90. The number of aliphatic carboxylic acids is 1. The third kappa shape index (κ3) is 2.56. The van der Waals surface area contributed by atoms with Crippen molar-refractivity contribution in [2.75, 3.05) is 7.05 Å². The highest BCUT2D eigenvalue weighted by molar-refractivity contribution is 6.07. The normalized spacial score (nSPS) is 16.9. The summed E-state index contributed by atoms with van der Waals surface area (Å²) in [6, 6.07) is 7.52. The zero-order valence-corrected chi connectivity index (χ0v) is 13.2. The summed E-state index contributed by atoms with van der Waals surface area (Å²) in [4.78, 5) is 30.4. The van der Waals surface area contributed by atoms with Crippen molar-refractivity contribution in [2.45, 2.75) is 37.6 Å². The van der Waals surface area contributed by atoms with Gasteiger partial charge in [-0.05, 0) is 18.2 Å². The summed E-state index contributed by atoms with van der Waals surface area (Å²) in [5.74, 6) is -1.19. The molecule has 1 N–H and O–H groups in total.